The molecule has 2 aromatic rings. The van der Waals surface area contributed by atoms with Crippen LogP contribution in [0.25, 0.3) is 0 Å². The van der Waals surface area contributed by atoms with Crippen molar-refractivity contribution in [3.8, 4) is 0 Å². The fraction of sp³-hybridized carbons (Fsp3) is 0.765. The second-order valence-electron chi connectivity index (χ2n) is 16.2. The number of nitrogens with zero attached hydrogens (tertiary/aromatic N) is 3. The number of nitrogens with one attached hydrogen (secondary N) is 2. The van der Waals surface area contributed by atoms with E-state index in [0.717, 1.165) is 25.0 Å². The molecule has 16 heteroatoms. The Morgan fingerprint density at radius 3 is 1.66 bits per heavy atom. The minimum Gasteiger partial charge on any atom is -0.377 e. The van der Waals surface area contributed by atoms with E-state index in [9.17, 15) is 26.4 Å². The second-order valence-corrected chi connectivity index (χ2v) is 21.4. The first-order valence-corrected chi connectivity index (χ1v) is 20.4. The van der Waals surface area contributed by atoms with Crippen molar-refractivity contribution in [2.24, 2.45) is 7.05 Å². The molecule has 2 N–H and O–H groups in total. The summed E-state index contributed by atoms with van der Waals surface area (Å²) in [6.45, 7) is 18.8. The summed E-state index contributed by atoms with van der Waals surface area (Å²) in [5.74, 6) is -0.169. The Labute approximate surface area is 297 Å². The standard InChI is InChI=1S/C18H31N3O4S.C16H26N2O5S/c1-17(2,3)14-11-15(21(6)20-14)19-16(22)18(4,5)26(23,24)12-13-9-7-8-10-25-13;1-15(2,3)12-9-13(18-23-12)17-14(19)16(4,5)24(20,21)10-11-7-6-8-22-11/h11,13H,7-10,12H2,1-6H3,(H,19,22);9,11H,6-8,10H2,1-5H3,(H,17,18,19). The molecule has 14 nitrogen and oxygen atoms in total. The lowest BCUT2D eigenvalue weighted by molar-refractivity contribution is -0.118. The highest BCUT2D eigenvalue weighted by Gasteiger charge is 2.45. The van der Waals surface area contributed by atoms with Crippen molar-refractivity contribution in [3.05, 3.63) is 23.6 Å². The zero-order valence-electron chi connectivity index (χ0n) is 31.5. The summed E-state index contributed by atoms with van der Waals surface area (Å²) >= 11 is 0. The highest BCUT2D eigenvalue weighted by molar-refractivity contribution is 7.93. The molecule has 0 radical (unpaired) electrons. The number of sulfone groups is 2. The third-order valence-corrected chi connectivity index (χ3v) is 14.2. The first-order chi connectivity index (χ1) is 22.8. The lowest BCUT2D eigenvalue weighted by Gasteiger charge is -2.28. The Balaban J connectivity index is 0.000000271. The highest BCUT2D eigenvalue weighted by Crippen LogP contribution is 2.29. The average Bonchev–Trinajstić information content (AvgIpc) is 3.75. The van der Waals surface area contributed by atoms with Crippen LogP contribution in [-0.4, -0.2) is 90.0 Å². The number of rotatable bonds is 10. The largest absolute Gasteiger partial charge is 0.377 e. The van der Waals surface area contributed by atoms with E-state index in [1.54, 1.807) is 23.9 Å². The Hall–Kier alpha value is -2.82. The van der Waals surface area contributed by atoms with E-state index in [1.165, 1.54) is 27.7 Å². The van der Waals surface area contributed by atoms with Gasteiger partial charge in [-0.25, -0.2) is 16.8 Å². The van der Waals surface area contributed by atoms with E-state index in [-0.39, 0.29) is 40.4 Å². The van der Waals surface area contributed by atoms with Crippen LogP contribution in [0.2, 0.25) is 0 Å². The maximum absolute atomic E-state index is 12.8. The number of carbonyl (C=O) groups is 2. The molecule has 2 saturated heterocycles. The summed E-state index contributed by atoms with van der Waals surface area (Å²) in [7, 11) is -5.64. The van der Waals surface area contributed by atoms with Gasteiger partial charge in [-0.3, -0.25) is 14.3 Å². The third-order valence-electron chi connectivity index (χ3n) is 9.14. The van der Waals surface area contributed by atoms with Crippen LogP contribution in [0.1, 0.15) is 113 Å². The molecule has 0 spiro atoms. The van der Waals surface area contributed by atoms with Crippen LogP contribution in [0, 0.1) is 0 Å². The summed E-state index contributed by atoms with van der Waals surface area (Å²) in [5, 5.41) is 13.5. The summed E-state index contributed by atoms with van der Waals surface area (Å²) in [6.07, 6.45) is 3.52. The summed E-state index contributed by atoms with van der Waals surface area (Å²) in [6, 6.07) is 3.39. The molecule has 0 bridgehead atoms. The molecule has 2 aliphatic rings. The van der Waals surface area contributed by atoms with Crippen LogP contribution in [-0.2, 0) is 56.6 Å². The number of carbonyl (C=O) groups excluding carboxylic acids is 2. The van der Waals surface area contributed by atoms with Crippen LogP contribution < -0.4 is 10.6 Å². The van der Waals surface area contributed by atoms with Crippen LogP contribution >= 0.6 is 0 Å². The molecule has 4 heterocycles. The number of hydrogen-bond acceptors (Lipinski definition) is 11. The van der Waals surface area contributed by atoms with Gasteiger partial charge in [-0.1, -0.05) is 46.7 Å². The lowest BCUT2D eigenvalue weighted by atomic mass is 9.92. The molecule has 4 rings (SSSR count). The van der Waals surface area contributed by atoms with E-state index in [0.29, 0.717) is 37.6 Å². The molecule has 0 saturated carbocycles. The number of aromatic nitrogens is 3. The molecule has 0 aliphatic carbocycles. The molecule has 50 heavy (non-hydrogen) atoms. The molecule has 2 aromatic heterocycles. The smallest absolute Gasteiger partial charge is 0.246 e. The molecule has 0 aromatic carbocycles. The van der Waals surface area contributed by atoms with Gasteiger partial charge >= 0.3 is 0 Å². The average molecular weight is 744 g/mol. The van der Waals surface area contributed by atoms with Gasteiger partial charge in [0.25, 0.3) is 0 Å². The second kappa shape index (κ2) is 15.4. The summed E-state index contributed by atoms with van der Waals surface area (Å²) in [4.78, 5) is 25.3. The van der Waals surface area contributed by atoms with Crippen molar-refractivity contribution >= 4 is 43.1 Å². The van der Waals surface area contributed by atoms with E-state index < -0.39 is 41.0 Å². The molecular weight excluding hydrogens is 687 g/mol. The van der Waals surface area contributed by atoms with E-state index in [2.05, 4.69) is 20.9 Å². The van der Waals surface area contributed by atoms with Crippen LogP contribution in [0.15, 0.2) is 16.7 Å². The molecule has 2 aliphatic heterocycles. The van der Waals surface area contributed by atoms with Crippen molar-refractivity contribution in [1.29, 1.82) is 0 Å². The van der Waals surface area contributed by atoms with Crippen molar-refractivity contribution in [2.45, 2.75) is 134 Å². The maximum Gasteiger partial charge on any atom is 0.246 e. The Morgan fingerprint density at radius 2 is 1.26 bits per heavy atom. The van der Waals surface area contributed by atoms with E-state index >= 15 is 0 Å². The molecule has 2 atom stereocenters. The van der Waals surface area contributed by atoms with Gasteiger partial charge in [0.15, 0.2) is 25.5 Å². The van der Waals surface area contributed by atoms with Crippen LogP contribution in [0.3, 0.4) is 0 Å². The van der Waals surface area contributed by atoms with E-state index in [1.807, 2.05) is 41.5 Å². The summed E-state index contributed by atoms with van der Waals surface area (Å²) < 4.78 is 65.5. The Morgan fingerprint density at radius 1 is 0.760 bits per heavy atom. The van der Waals surface area contributed by atoms with Gasteiger partial charge in [-0.2, -0.15) is 5.10 Å². The molecule has 2 fully saturated rings. The normalized spacial score (nSPS) is 19.4. The monoisotopic (exact) mass is 743 g/mol. The van der Waals surface area contributed by atoms with E-state index in [4.69, 9.17) is 14.0 Å². The molecule has 2 unspecified atom stereocenters. The quantitative estimate of drug-likeness (QED) is 0.343. The minimum absolute atomic E-state index is 0.133. The zero-order valence-corrected chi connectivity index (χ0v) is 33.1. The maximum atomic E-state index is 12.8. The van der Waals surface area contributed by atoms with Crippen molar-refractivity contribution in [2.75, 3.05) is 35.4 Å². The lowest BCUT2D eigenvalue weighted by Crippen LogP contribution is -2.48. The molecule has 284 valence electrons. The molecule has 2 amide bonds. The minimum atomic E-state index is -3.68. The van der Waals surface area contributed by atoms with Gasteiger partial charge in [-0.05, 0) is 59.8 Å². The van der Waals surface area contributed by atoms with Crippen LogP contribution in [0.5, 0.6) is 0 Å². The Kier molecular flexibility index (Phi) is 12.8. The first-order valence-electron chi connectivity index (χ1n) is 17.1. The van der Waals surface area contributed by atoms with Crippen molar-refractivity contribution in [3.63, 3.8) is 0 Å². The predicted molar refractivity (Wildman–Crippen MR) is 193 cm³/mol. The van der Waals surface area contributed by atoms with Gasteiger partial charge in [0.2, 0.25) is 11.8 Å². The fourth-order valence-electron chi connectivity index (χ4n) is 5.08. The highest BCUT2D eigenvalue weighted by atomic mass is 32.2. The third kappa shape index (κ3) is 10.2. The number of aryl methyl sites for hydroxylation is 1. The Bertz CT molecular complexity index is 1700. The topological polar surface area (TPSA) is 189 Å². The van der Waals surface area contributed by atoms with Crippen molar-refractivity contribution in [1.82, 2.24) is 14.9 Å². The van der Waals surface area contributed by atoms with Crippen molar-refractivity contribution < 1.29 is 40.4 Å². The first kappa shape index (κ1) is 41.6. The fourth-order valence-corrected chi connectivity index (χ4v) is 8.08. The number of hydrogen-bond donors (Lipinski definition) is 2. The number of ether oxygens (including phenoxy) is 2. The van der Waals surface area contributed by atoms with Gasteiger partial charge < -0.3 is 24.6 Å². The predicted octanol–water partition coefficient (Wildman–Crippen LogP) is 4.70. The zero-order chi connectivity index (χ0) is 37.9. The number of anilines is 2. The van der Waals surface area contributed by atoms with Gasteiger partial charge in [0.1, 0.15) is 21.1 Å². The van der Waals surface area contributed by atoms with Gasteiger partial charge in [0, 0.05) is 43.2 Å². The molecular formula is C34H57N5O9S2. The SMILES string of the molecule is CC(C)(C)c1cc(NC(=O)C(C)(C)S(=O)(=O)CC2CCCO2)no1.Cn1nc(C(C)(C)C)cc1NC(=O)C(C)(C)S(=O)(=O)CC1CCCCO1. The van der Waals surface area contributed by atoms with Gasteiger partial charge in [0.05, 0.1) is 29.4 Å². The number of amides is 2. The van der Waals surface area contributed by atoms with Gasteiger partial charge in [-0.15, -0.1) is 0 Å². The summed E-state index contributed by atoms with van der Waals surface area (Å²) in [5.41, 5.74) is 0.407. The van der Waals surface area contributed by atoms with Crippen LogP contribution in [0.4, 0.5) is 11.6 Å².